The lowest BCUT2D eigenvalue weighted by molar-refractivity contribution is -0.138. The second-order valence-electron chi connectivity index (χ2n) is 5.20. The summed E-state index contributed by atoms with van der Waals surface area (Å²) >= 11 is 0. The molecule has 0 amide bonds. The van der Waals surface area contributed by atoms with Crippen molar-refractivity contribution in [1.82, 2.24) is 10.2 Å². The number of benzene rings is 1. The van der Waals surface area contributed by atoms with Gasteiger partial charge in [-0.05, 0) is 24.6 Å². The van der Waals surface area contributed by atoms with Crippen LogP contribution < -0.4 is 5.32 Å². The fraction of sp³-hybridized carbons (Fsp3) is 0.571. The Morgan fingerprint density at radius 1 is 1.19 bits per heavy atom. The van der Waals surface area contributed by atoms with Crippen LogP contribution in [0, 0.1) is 0 Å². The minimum Gasteiger partial charge on any atom is -0.508 e. The molecule has 0 aliphatic carbocycles. The molecule has 3 N–H and O–H groups in total. The topological polar surface area (TPSA) is 55.7 Å². The number of alkyl halides is 3. The van der Waals surface area contributed by atoms with Gasteiger partial charge in [-0.2, -0.15) is 13.2 Å². The number of nitrogens with one attached hydrogen (secondary N) is 1. The minimum absolute atomic E-state index is 0.0602. The number of hydrogen-bond acceptors (Lipinski definition) is 4. The highest BCUT2D eigenvalue weighted by Crippen LogP contribution is 2.37. The number of halogens is 3. The first-order valence-corrected chi connectivity index (χ1v) is 6.90. The second-order valence-corrected chi connectivity index (χ2v) is 5.20. The van der Waals surface area contributed by atoms with Crippen molar-refractivity contribution < 1.29 is 23.4 Å². The molecule has 0 radical (unpaired) electrons. The first-order valence-electron chi connectivity index (χ1n) is 6.90. The van der Waals surface area contributed by atoms with Crippen molar-refractivity contribution >= 4 is 0 Å². The van der Waals surface area contributed by atoms with Gasteiger partial charge in [0.05, 0.1) is 0 Å². The molecule has 4 nitrogen and oxygen atoms in total. The van der Waals surface area contributed by atoms with Gasteiger partial charge >= 0.3 is 6.18 Å². The number of rotatable bonds is 4. The summed E-state index contributed by atoms with van der Waals surface area (Å²) in [6.07, 6.45) is -5.30. The molecule has 1 saturated heterocycles. The Labute approximate surface area is 121 Å². The summed E-state index contributed by atoms with van der Waals surface area (Å²) < 4.78 is 37.6. The van der Waals surface area contributed by atoms with E-state index in [1.165, 1.54) is 18.2 Å². The lowest BCUT2D eigenvalue weighted by atomic mass is 9.98. The molecule has 1 aliphatic heterocycles. The van der Waals surface area contributed by atoms with Gasteiger partial charge in [-0.3, -0.25) is 4.90 Å². The molecular formula is C14H19F3N2O2. The fourth-order valence-corrected chi connectivity index (χ4v) is 2.64. The van der Waals surface area contributed by atoms with Crippen molar-refractivity contribution in [1.29, 1.82) is 0 Å². The Morgan fingerprint density at radius 3 is 2.48 bits per heavy atom. The van der Waals surface area contributed by atoms with E-state index in [2.05, 4.69) is 5.32 Å². The van der Waals surface area contributed by atoms with Gasteiger partial charge in [0.2, 0.25) is 0 Å². The van der Waals surface area contributed by atoms with Crippen molar-refractivity contribution in [3.05, 3.63) is 23.8 Å². The number of hydrogen-bond donors (Lipinski definition) is 3. The highest BCUT2D eigenvalue weighted by atomic mass is 19.4. The summed E-state index contributed by atoms with van der Waals surface area (Å²) in [5, 5.41) is 22.6. The zero-order valence-electron chi connectivity index (χ0n) is 11.5. The standard InChI is InChI=1S/C14H19F3N2O2/c15-14(16,17)4-3-12(19-7-5-18-6-8-19)11-9-10(20)1-2-13(11)21/h1-2,9,12,18,20-21H,3-8H2/t12-/m1/s1. The maximum atomic E-state index is 12.5. The predicted molar refractivity (Wildman–Crippen MR) is 72.2 cm³/mol. The fourth-order valence-electron chi connectivity index (χ4n) is 2.64. The summed E-state index contributed by atoms with van der Waals surface area (Å²) in [6, 6.07) is 3.42. The molecule has 0 saturated carbocycles. The molecule has 1 aromatic carbocycles. The third-order valence-corrected chi connectivity index (χ3v) is 3.66. The van der Waals surface area contributed by atoms with E-state index in [-0.39, 0.29) is 17.9 Å². The molecule has 1 aromatic rings. The molecule has 0 bridgehead atoms. The van der Waals surface area contributed by atoms with Crippen LogP contribution in [0.15, 0.2) is 18.2 Å². The number of nitrogens with zero attached hydrogens (tertiary/aromatic N) is 1. The molecule has 2 rings (SSSR count). The number of aromatic hydroxyl groups is 2. The Kier molecular flexibility index (Phi) is 4.95. The van der Waals surface area contributed by atoms with Gasteiger partial charge in [0.25, 0.3) is 0 Å². The van der Waals surface area contributed by atoms with Crippen LogP contribution in [0.2, 0.25) is 0 Å². The van der Waals surface area contributed by atoms with Gasteiger partial charge in [0, 0.05) is 44.2 Å². The molecule has 1 heterocycles. The average molecular weight is 304 g/mol. The lowest BCUT2D eigenvalue weighted by Crippen LogP contribution is -2.45. The predicted octanol–water partition coefficient (Wildman–Crippen LogP) is 2.39. The van der Waals surface area contributed by atoms with Crippen molar-refractivity contribution in [3.63, 3.8) is 0 Å². The summed E-state index contributed by atoms with van der Waals surface area (Å²) in [5.74, 6) is -0.145. The first-order chi connectivity index (χ1) is 9.87. The third-order valence-electron chi connectivity index (χ3n) is 3.66. The van der Waals surface area contributed by atoms with Crippen molar-refractivity contribution in [3.8, 4) is 11.5 Å². The summed E-state index contributed by atoms with van der Waals surface area (Å²) in [6.45, 7) is 2.61. The monoisotopic (exact) mass is 304 g/mol. The molecule has 0 unspecified atom stereocenters. The van der Waals surface area contributed by atoms with E-state index in [1.54, 1.807) is 0 Å². The minimum atomic E-state index is -4.24. The molecular weight excluding hydrogens is 285 g/mol. The molecule has 0 spiro atoms. The quantitative estimate of drug-likeness (QED) is 0.748. The normalized spacial score (nSPS) is 18.6. The molecule has 118 valence electrons. The average Bonchev–Trinajstić information content (AvgIpc) is 2.43. The largest absolute Gasteiger partial charge is 0.508 e. The maximum Gasteiger partial charge on any atom is 0.389 e. The van der Waals surface area contributed by atoms with Gasteiger partial charge in [-0.25, -0.2) is 0 Å². The Morgan fingerprint density at radius 2 is 1.86 bits per heavy atom. The van der Waals surface area contributed by atoms with Crippen molar-refractivity contribution in [2.75, 3.05) is 26.2 Å². The van der Waals surface area contributed by atoms with Crippen LogP contribution in [0.5, 0.6) is 11.5 Å². The summed E-state index contributed by atoms with van der Waals surface area (Å²) in [4.78, 5) is 1.91. The van der Waals surface area contributed by atoms with Crippen LogP contribution in [0.1, 0.15) is 24.4 Å². The zero-order chi connectivity index (χ0) is 15.5. The van der Waals surface area contributed by atoms with Crippen LogP contribution in [-0.2, 0) is 0 Å². The van der Waals surface area contributed by atoms with Crippen LogP contribution in [0.25, 0.3) is 0 Å². The Hall–Kier alpha value is -1.47. The first kappa shape index (κ1) is 15.9. The third kappa shape index (κ3) is 4.50. The molecule has 1 atom stereocenters. The number of phenols is 2. The maximum absolute atomic E-state index is 12.5. The van der Waals surface area contributed by atoms with Gasteiger partial charge in [0.15, 0.2) is 0 Å². The molecule has 21 heavy (non-hydrogen) atoms. The Balaban J connectivity index is 2.23. The van der Waals surface area contributed by atoms with E-state index in [4.69, 9.17) is 0 Å². The highest BCUT2D eigenvalue weighted by Gasteiger charge is 2.32. The van der Waals surface area contributed by atoms with E-state index in [0.717, 1.165) is 0 Å². The lowest BCUT2D eigenvalue weighted by Gasteiger charge is -2.35. The summed E-state index contributed by atoms with van der Waals surface area (Å²) in [7, 11) is 0. The van der Waals surface area contributed by atoms with Crippen molar-refractivity contribution in [2.45, 2.75) is 25.1 Å². The smallest absolute Gasteiger partial charge is 0.389 e. The van der Waals surface area contributed by atoms with Gasteiger partial charge in [0.1, 0.15) is 11.5 Å². The summed E-state index contributed by atoms with van der Waals surface area (Å²) in [5.41, 5.74) is 0.348. The van der Waals surface area contributed by atoms with Gasteiger partial charge in [-0.1, -0.05) is 0 Å². The van der Waals surface area contributed by atoms with E-state index < -0.39 is 18.6 Å². The second kappa shape index (κ2) is 6.53. The zero-order valence-corrected chi connectivity index (χ0v) is 11.5. The number of phenolic OH excluding ortho intramolecular Hbond substituents is 2. The molecule has 7 heteroatoms. The molecule has 1 aliphatic rings. The van der Waals surface area contributed by atoms with Gasteiger partial charge < -0.3 is 15.5 Å². The van der Waals surface area contributed by atoms with E-state index in [1.807, 2.05) is 4.90 Å². The number of piperazine rings is 1. The van der Waals surface area contributed by atoms with E-state index in [9.17, 15) is 23.4 Å². The van der Waals surface area contributed by atoms with Crippen LogP contribution in [-0.4, -0.2) is 47.5 Å². The Bertz CT molecular complexity index is 474. The SMILES string of the molecule is Oc1ccc(O)c([C@@H](CCC(F)(F)F)N2CCNCC2)c1. The van der Waals surface area contributed by atoms with Crippen LogP contribution >= 0.6 is 0 Å². The van der Waals surface area contributed by atoms with E-state index in [0.29, 0.717) is 31.7 Å². The molecule has 1 fully saturated rings. The van der Waals surface area contributed by atoms with Crippen molar-refractivity contribution in [2.24, 2.45) is 0 Å². The van der Waals surface area contributed by atoms with E-state index >= 15 is 0 Å². The van der Waals surface area contributed by atoms with Gasteiger partial charge in [-0.15, -0.1) is 0 Å². The van der Waals surface area contributed by atoms with Crippen LogP contribution in [0.3, 0.4) is 0 Å². The van der Waals surface area contributed by atoms with Crippen LogP contribution in [0.4, 0.5) is 13.2 Å². The highest BCUT2D eigenvalue weighted by molar-refractivity contribution is 5.40. The molecule has 0 aromatic heterocycles.